The molecule has 7 amide bonds. The second-order valence-electron chi connectivity index (χ2n) is 9.85. The monoisotopic (exact) mass is 552 g/mol. The first-order chi connectivity index (χ1) is 18.3. The van der Waals surface area contributed by atoms with Crippen LogP contribution in [-0.4, -0.2) is 62.6 Å². The summed E-state index contributed by atoms with van der Waals surface area (Å²) in [5.74, 6) is -5.00. The van der Waals surface area contributed by atoms with Gasteiger partial charge in [-0.2, -0.15) is 5.12 Å². The van der Waals surface area contributed by atoms with Crippen molar-refractivity contribution in [1.82, 2.24) is 31.5 Å². The van der Waals surface area contributed by atoms with Crippen molar-refractivity contribution in [1.29, 1.82) is 0 Å². The Morgan fingerprint density at radius 2 is 1.26 bits per heavy atom. The molecule has 1 aliphatic rings. The van der Waals surface area contributed by atoms with Gasteiger partial charge >= 0.3 is 0 Å². The van der Waals surface area contributed by atoms with E-state index in [4.69, 9.17) is 0 Å². The second kappa shape index (κ2) is 15.2. The second-order valence-corrected chi connectivity index (χ2v) is 9.85. The summed E-state index contributed by atoms with van der Waals surface area (Å²) in [5, 5.41) is 5.98. The fraction of sp³-hybridized carbons (Fsp3) is 0.731. The highest BCUT2D eigenvalue weighted by molar-refractivity contribution is 6.04. The molecule has 1 fully saturated rings. The third kappa shape index (κ3) is 8.24. The Balaban J connectivity index is 3.90. The normalized spacial score (nSPS) is 20.3. The zero-order valence-electron chi connectivity index (χ0n) is 24.0. The highest BCUT2D eigenvalue weighted by Gasteiger charge is 2.66. The highest BCUT2D eigenvalue weighted by Crippen LogP contribution is 2.42. The zero-order valence-corrected chi connectivity index (χ0v) is 24.0. The van der Waals surface area contributed by atoms with E-state index in [9.17, 15) is 33.6 Å². The number of imide groups is 1. The topological polar surface area (TPSA) is 174 Å². The Morgan fingerprint density at radius 3 is 1.74 bits per heavy atom. The van der Waals surface area contributed by atoms with Gasteiger partial charge in [-0.25, -0.2) is 10.9 Å². The lowest BCUT2D eigenvalue weighted by Gasteiger charge is -2.56. The fourth-order valence-corrected chi connectivity index (χ4v) is 5.07. The number of unbranched alkanes of at least 4 members (excludes halogenated alkanes) is 2. The third-order valence-electron chi connectivity index (χ3n) is 6.64. The predicted molar refractivity (Wildman–Crippen MR) is 142 cm³/mol. The van der Waals surface area contributed by atoms with E-state index < -0.39 is 52.6 Å². The first kappa shape index (κ1) is 33.5. The first-order valence-corrected chi connectivity index (χ1v) is 13.7. The van der Waals surface area contributed by atoms with E-state index in [1.165, 1.54) is 6.92 Å². The fourth-order valence-electron chi connectivity index (χ4n) is 5.07. The van der Waals surface area contributed by atoms with Crippen molar-refractivity contribution in [2.24, 2.45) is 0 Å². The molecule has 0 bridgehead atoms. The minimum Gasteiger partial charge on any atom is -0.331 e. The smallest absolute Gasteiger partial charge is 0.291 e. The molecule has 39 heavy (non-hydrogen) atoms. The van der Waals surface area contributed by atoms with Crippen LogP contribution >= 0.6 is 0 Å². The third-order valence-corrected chi connectivity index (χ3v) is 6.64. The van der Waals surface area contributed by atoms with Gasteiger partial charge in [-0.1, -0.05) is 40.0 Å². The summed E-state index contributed by atoms with van der Waals surface area (Å²) < 4.78 is 0. The van der Waals surface area contributed by atoms with Crippen molar-refractivity contribution in [2.75, 3.05) is 0 Å². The van der Waals surface area contributed by atoms with E-state index in [1.54, 1.807) is 13.8 Å². The van der Waals surface area contributed by atoms with Crippen molar-refractivity contribution in [3.05, 3.63) is 0 Å². The number of hydrogen-bond donors (Lipinski definition) is 4. The maximum atomic E-state index is 14.6. The number of hydrazine groups is 2. The van der Waals surface area contributed by atoms with Gasteiger partial charge in [0.15, 0.2) is 5.54 Å². The number of nitrogens with zero attached hydrogens (tertiary/aromatic N) is 2. The van der Waals surface area contributed by atoms with Gasteiger partial charge in [-0.05, 0) is 32.1 Å². The minimum absolute atomic E-state index is 0.00229. The summed E-state index contributed by atoms with van der Waals surface area (Å²) >= 11 is 0. The molecule has 2 unspecified atom stereocenters. The molecule has 0 heterocycles. The lowest BCUT2D eigenvalue weighted by atomic mass is 9.69. The molecule has 13 nitrogen and oxygen atoms in total. The summed E-state index contributed by atoms with van der Waals surface area (Å²) in [6.07, 6.45) is 3.30. The van der Waals surface area contributed by atoms with E-state index in [-0.39, 0.29) is 32.1 Å². The van der Waals surface area contributed by atoms with Crippen LogP contribution in [0.15, 0.2) is 0 Å². The van der Waals surface area contributed by atoms with Crippen LogP contribution in [0, 0.1) is 0 Å². The van der Waals surface area contributed by atoms with E-state index in [1.807, 2.05) is 6.92 Å². The Labute approximate surface area is 230 Å². The lowest BCUT2D eigenvalue weighted by Crippen LogP contribution is -2.85. The Morgan fingerprint density at radius 1 is 0.692 bits per heavy atom. The predicted octanol–water partition coefficient (Wildman–Crippen LogP) is 1.32. The first-order valence-electron chi connectivity index (χ1n) is 13.7. The number of carbonyl (C=O) groups is 7. The molecule has 1 aliphatic carbocycles. The summed E-state index contributed by atoms with van der Waals surface area (Å²) in [4.78, 5) is 92.0. The Bertz CT molecular complexity index is 941. The molecule has 0 aromatic carbocycles. The number of carbonyl (C=O) groups excluding carboxylic acids is 7. The summed E-state index contributed by atoms with van der Waals surface area (Å²) in [5.41, 5.74) is 0.677. The molecule has 0 spiro atoms. The van der Waals surface area contributed by atoms with Gasteiger partial charge in [-0.3, -0.25) is 38.5 Å². The lowest BCUT2D eigenvalue weighted by molar-refractivity contribution is -0.181. The number of amides is 7. The summed E-state index contributed by atoms with van der Waals surface area (Å²) in [6.45, 7) is 8.67. The van der Waals surface area contributed by atoms with E-state index in [0.717, 1.165) is 26.7 Å². The average molecular weight is 553 g/mol. The molecule has 0 radical (unpaired) electrons. The average Bonchev–Trinajstić information content (AvgIpc) is 2.83. The van der Waals surface area contributed by atoms with Crippen LogP contribution < -0.4 is 21.5 Å². The van der Waals surface area contributed by atoms with Crippen molar-refractivity contribution in [3.63, 3.8) is 0 Å². The summed E-state index contributed by atoms with van der Waals surface area (Å²) in [7, 11) is 0. The highest BCUT2D eigenvalue weighted by atomic mass is 16.2. The maximum Gasteiger partial charge on any atom is 0.291 e. The van der Waals surface area contributed by atoms with Crippen molar-refractivity contribution in [3.8, 4) is 0 Å². The molecule has 0 saturated heterocycles. The van der Waals surface area contributed by atoms with E-state index in [0.29, 0.717) is 35.7 Å². The van der Waals surface area contributed by atoms with E-state index in [2.05, 4.69) is 21.5 Å². The van der Waals surface area contributed by atoms with Crippen LogP contribution in [0.5, 0.6) is 0 Å². The SMILES string of the molecule is CCCCCC(=O)NN(NC(=O)CCC)C(=O)C1(N(C(C)=O)C(C)=O)CCCCC1(NC(C)=O)NC(=O)CC. The minimum atomic E-state index is -2.21. The van der Waals surface area contributed by atoms with Crippen LogP contribution in [0.25, 0.3) is 0 Å². The van der Waals surface area contributed by atoms with Crippen LogP contribution in [0.4, 0.5) is 0 Å². The van der Waals surface area contributed by atoms with Gasteiger partial charge in [0.1, 0.15) is 5.66 Å². The maximum absolute atomic E-state index is 14.6. The molecule has 1 rings (SSSR count). The molecular weight excluding hydrogens is 508 g/mol. The molecule has 220 valence electrons. The Hall–Kier alpha value is -3.51. The van der Waals surface area contributed by atoms with Crippen LogP contribution in [0.1, 0.15) is 112 Å². The summed E-state index contributed by atoms with van der Waals surface area (Å²) in [6, 6.07) is 0. The molecular formula is C26H44N6O7. The van der Waals surface area contributed by atoms with Crippen molar-refractivity contribution < 1.29 is 33.6 Å². The standard InChI is InChI=1S/C26H44N6O7/c1-7-10-11-15-23(38)30-32(29-22(37)14-8-2)24(39)25(31(19(5)34)20(6)35)16-12-13-17-26(25,27-18(4)33)28-21(36)9-3/h7-17H2,1-6H3,(H,27,33)(H,28,36)(H,29,37)(H,30,38). The number of rotatable bonds is 11. The molecule has 2 atom stereocenters. The van der Waals surface area contributed by atoms with Gasteiger partial charge < -0.3 is 10.6 Å². The Kier molecular flexibility index (Phi) is 13.0. The van der Waals surface area contributed by atoms with Crippen LogP contribution in [-0.2, 0) is 33.6 Å². The van der Waals surface area contributed by atoms with Crippen molar-refractivity contribution in [2.45, 2.75) is 123 Å². The molecule has 0 aromatic rings. The van der Waals surface area contributed by atoms with Gasteiger partial charge in [-0.15, -0.1) is 0 Å². The molecule has 1 saturated carbocycles. The molecule has 4 N–H and O–H groups in total. The largest absolute Gasteiger partial charge is 0.331 e. The quantitative estimate of drug-likeness (QED) is 0.170. The van der Waals surface area contributed by atoms with Crippen molar-refractivity contribution >= 4 is 41.4 Å². The molecule has 0 aromatic heterocycles. The van der Waals surface area contributed by atoms with Crippen LogP contribution in [0.3, 0.4) is 0 Å². The molecule has 0 aliphatic heterocycles. The number of nitrogens with one attached hydrogen (secondary N) is 4. The van der Waals surface area contributed by atoms with Gasteiger partial charge in [0.25, 0.3) is 5.91 Å². The van der Waals surface area contributed by atoms with E-state index >= 15 is 0 Å². The molecule has 13 heteroatoms. The van der Waals surface area contributed by atoms with Gasteiger partial charge in [0.2, 0.25) is 35.4 Å². The number of hydrogen-bond acceptors (Lipinski definition) is 7. The van der Waals surface area contributed by atoms with Gasteiger partial charge in [0.05, 0.1) is 0 Å². The van der Waals surface area contributed by atoms with Crippen LogP contribution in [0.2, 0.25) is 0 Å². The zero-order chi connectivity index (χ0) is 29.8. The van der Waals surface area contributed by atoms with Gasteiger partial charge in [0, 0.05) is 40.0 Å².